The molecular weight excluding hydrogens is 383 g/mol. The summed E-state index contributed by atoms with van der Waals surface area (Å²) in [6, 6.07) is 4.77. The first-order valence-electron chi connectivity index (χ1n) is 10.0. The van der Waals surface area contributed by atoms with Gasteiger partial charge in [-0.25, -0.2) is 22.0 Å². The van der Waals surface area contributed by atoms with Crippen LogP contribution in [0.2, 0.25) is 0 Å². The number of hydrogen-bond acceptors (Lipinski definition) is 0. The van der Waals surface area contributed by atoms with Gasteiger partial charge in [0.25, 0.3) is 0 Å². The summed E-state index contributed by atoms with van der Waals surface area (Å²) in [4.78, 5) is 0. The van der Waals surface area contributed by atoms with Crippen LogP contribution in [0.1, 0.15) is 68.1 Å². The summed E-state index contributed by atoms with van der Waals surface area (Å²) in [5.41, 5.74) is 0.856. The van der Waals surface area contributed by atoms with Gasteiger partial charge in [0.1, 0.15) is 11.6 Å². The van der Waals surface area contributed by atoms with E-state index in [1.54, 1.807) is 0 Å². The molecule has 0 saturated heterocycles. The van der Waals surface area contributed by atoms with Gasteiger partial charge in [-0.1, -0.05) is 25.2 Å². The van der Waals surface area contributed by atoms with E-state index in [0.717, 1.165) is 25.0 Å². The fourth-order valence-corrected chi connectivity index (χ4v) is 3.83. The van der Waals surface area contributed by atoms with Crippen LogP contribution in [0.15, 0.2) is 24.3 Å². The molecule has 3 rings (SSSR count). The minimum Gasteiger partial charge on any atom is -0.206 e. The van der Waals surface area contributed by atoms with Crippen molar-refractivity contribution in [2.24, 2.45) is 5.92 Å². The first-order chi connectivity index (χ1) is 13.9. The first-order valence-corrected chi connectivity index (χ1v) is 10.0. The van der Waals surface area contributed by atoms with Crippen LogP contribution in [-0.4, -0.2) is 0 Å². The summed E-state index contributed by atoms with van der Waals surface area (Å²) in [6.45, 7) is 2.02. The summed E-state index contributed by atoms with van der Waals surface area (Å²) in [5.74, 6) is 0.354. The molecule has 29 heavy (non-hydrogen) atoms. The third-order valence-corrected chi connectivity index (χ3v) is 5.53. The molecule has 0 nitrogen and oxygen atoms in total. The molecule has 5 heteroatoms. The number of halogens is 5. The van der Waals surface area contributed by atoms with Crippen LogP contribution in [0.4, 0.5) is 22.0 Å². The van der Waals surface area contributed by atoms with Gasteiger partial charge in [0.2, 0.25) is 0 Å². The van der Waals surface area contributed by atoms with E-state index in [0.29, 0.717) is 43.2 Å². The minimum atomic E-state index is -1.46. The monoisotopic (exact) mass is 406 g/mol. The smallest absolute Gasteiger partial charge is 0.194 e. The molecule has 1 saturated carbocycles. The third-order valence-electron chi connectivity index (χ3n) is 5.53. The average molecular weight is 406 g/mol. The van der Waals surface area contributed by atoms with Crippen molar-refractivity contribution < 1.29 is 22.0 Å². The van der Waals surface area contributed by atoms with Crippen molar-refractivity contribution in [2.45, 2.75) is 57.8 Å². The van der Waals surface area contributed by atoms with E-state index in [2.05, 4.69) is 11.8 Å². The molecule has 2 aromatic carbocycles. The zero-order valence-electron chi connectivity index (χ0n) is 16.3. The molecule has 0 bridgehead atoms. The second-order valence-electron chi connectivity index (χ2n) is 7.65. The summed E-state index contributed by atoms with van der Waals surface area (Å²) >= 11 is 0. The standard InChI is InChI=1S/C24H23F5/c1-2-3-4-16-11-20(25)19(21(26)12-16)10-7-15-5-8-17(9-6-15)18-13-22(27)24(29)23(28)14-18/h11-15,17H,2-6,8-9H2,1H3/t15-,17-. The van der Waals surface area contributed by atoms with E-state index >= 15 is 0 Å². The van der Waals surface area contributed by atoms with Crippen LogP contribution < -0.4 is 0 Å². The Hall–Kier alpha value is -2.35. The van der Waals surface area contributed by atoms with Crippen LogP contribution in [0.5, 0.6) is 0 Å². The Bertz CT molecular complexity index is 884. The number of unbranched alkanes of at least 4 members (excludes halogenated alkanes) is 1. The number of hydrogen-bond donors (Lipinski definition) is 0. The van der Waals surface area contributed by atoms with Gasteiger partial charge >= 0.3 is 0 Å². The predicted molar refractivity (Wildman–Crippen MR) is 103 cm³/mol. The van der Waals surface area contributed by atoms with Gasteiger partial charge in [-0.3, -0.25) is 0 Å². The summed E-state index contributed by atoms with van der Waals surface area (Å²) in [7, 11) is 0. The lowest BCUT2D eigenvalue weighted by atomic mass is 9.79. The molecule has 0 N–H and O–H groups in total. The molecule has 1 aliphatic rings. The quantitative estimate of drug-likeness (QED) is 0.290. The summed E-state index contributed by atoms with van der Waals surface area (Å²) in [5, 5.41) is 0. The molecule has 0 aromatic heterocycles. The van der Waals surface area contributed by atoms with Gasteiger partial charge in [0.05, 0.1) is 5.56 Å². The van der Waals surface area contributed by atoms with Gasteiger partial charge < -0.3 is 0 Å². The largest absolute Gasteiger partial charge is 0.206 e. The van der Waals surface area contributed by atoms with Crippen LogP contribution in [0.25, 0.3) is 0 Å². The lowest BCUT2D eigenvalue weighted by molar-refractivity contribution is 0.379. The highest BCUT2D eigenvalue weighted by molar-refractivity contribution is 5.39. The summed E-state index contributed by atoms with van der Waals surface area (Å²) < 4.78 is 68.5. The lowest BCUT2D eigenvalue weighted by Gasteiger charge is -2.26. The molecule has 0 radical (unpaired) electrons. The second kappa shape index (κ2) is 9.43. The predicted octanol–water partition coefficient (Wildman–Crippen LogP) is 7.05. The zero-order chi connectivity index (χ0) is 21.0. The van der Waals surface area contributed by atoms with Gasteiger partial charge in [0.15, 0.2) is 17.5 Å². The van der Waals surface area contributed by atoms with Crippen molar-refractivity contribution in [1.29, 1.82) is 0 Å². The van der Waals surface area contributed by atoms with Gasteiger partial charge in [0, 0.05) is 5.92 Å². The Morgan fingerprint density at radius 2 is 1.41 bits per heavy atom. The molecule has 154 valence electrons. The topological polar surface area (TPSA) is 0 Å². The van der Waals surface area contributed by atoms with Crippen molar-refractivity contribution in [3.8, 4) is 11.8 Å². The number of aryl methyl sites for hydroxylation is 1. The maximum absolute atomic E-state index is 14.2. The first kappa shape index (κ1) is 21.4. The fraction of sp³-hybridized carbons (Fsp3) is 0.417. The van der Waals surface area contributed by atoms with Crippen LogP contribution in [-0.2, 0) is 6.42 Å². The molecule has 0 aliphatic heterocycles. The molecule has 0 spiro atoms. The van der Waals surface area contributed by atoms with Crippen LogP contribution in [0, 0.1) is 46.8 Å². The SMILES string of the molecule is CCCCc1cc(F)c(C#C[C@H]2CC[C@H](c3cc(F)c(F)c(F)c3)CC2)c(F)c1. The third kappa shape index (κ3) is 5.18. The van der Waals surface area contributed by atoms with Gasteiger partial charge in [-0.2, -0.15) is 0 Å². The second-order valence-corrected chi connectivity index (χ2v) is 7.65. The minimum absolute atomic E-state index is 0.0417. The summed E-state index contributed by atoms with van der Waals surface area (Å²) in [6.07, 6.45) is 5.01. The highest BCUT2D eigenvalue weighted by Gasteiger charge is 2.23. The molecular formula is C24H23F5. The van der Waals surface area contributed by atoms with Crippen molar-refractivity contribution >= 4 is 0 Å². The zero-order valence-corrected chi connectivity index (χ0v) is 16.3. The molecule has 0 heterocycles. The van der Waals surface area contributed by atoms with E-state index in [-0.39, 0.29) is 17.4 Å². The maximum atomic E-state index is 14.2. The van der Waals surface area contributed by atoms with Crippen molar-refractivity contribution in [1.82, 2.24) is 0 Å². The van der Waals surface area contributed by atoms with Gasteiger partial charge in [-0.15, -0.1) is 0 Å². The van der Waals surface area contributed by atoms with E-state index in [4.69, 9.17) is 0 Å². The molecule has 1 fully saturated rings. The Labute approximate surface area is 168 Å². The van der Waals surface area contributed by atoms with Crippen LogP contribution in [0.3, 0.4) is 0 Å². The lowest BCUT2D eigenvalue weighted by Crippen LogP contribution is -2.13. The Kier molecular flexibility index (Phi) is 6.95. The maximum Gasteiger partial charge on any atom is 0.194 e. The fourth-order valence-electron chi connectivity index (χ4n) is 3.83. The van der Waals surface area contributed by atoms with Crippen molar-refractivity contribution in [3.05, 3.63) is 70.0 Å². The average Bonchev–Trinajstić information content (AvgIpc) is 2.70. The van der Waals surface area contributed by atoms with Crippen molar-refractivity contribution in [3.63, 3.8) is 0 Å². The molecule has 0 atom stereocenters. The Morgan fingerprint density at radius 3 is 1.97 bits per heavy atom. The molecule has 1 aliphatic carbocycles. The Balaban J connectivity index is 1.66. The van der Waals surface area contributed by atoms with E-state index in [9.17, 15) is 22.0 Å². The highest BCUT2D eigenvalue weighted by Crippen LogP contribution is 2.36. The van der Waals surface area contributed by atoms with Crippen molar-refractivity contribution in [2.75, 3.05) is 0 Å². The number of rotatable bonds is 4. The highest BCUT2D eigenvalue weighted by atomic mass is 19.2. The van der Waals surface area contributed by atoms with E-state index in [1.165, 1.54) is 12.1 Å². The van der Waals surface area contributed by atoms with E-state index < -0.39 is 29.1 Å². The number of benzene rings is 2. The van der Waals surface area contributed by atoms with Gasteiger partial charge in [-0.05, 0) is 79.8 Å². The van der Waals surface area contributed by atoms with E-state index in [1.807, 2.05) is 6.92 Å². The molecule has 0 unspecified atom stereocenters. The molecule has 0 amide bonds. The molecule has 2 aromatic rings. The Morgan fingerprint density at radius 1 is 0.828 bits per heavy atom. The van der Waals surface area contributed by atoms with Crippen LogP contribution >= 0.6 is 0 Å². The normalized spacial score (nSPS) is 19.0.